The highest BCUT2D eigenvalue weighted by Gasteiger charge is 2.23. The van der Waals surface area contributed by atoms with E-state index in [4.69, 9.17) is 6.57 Å². The highest BCUT2D eigenvalue weighted by Crippen LogP contribution is 2.43. The quantitative estimate of drug-likeness (QED) is 0.153. The van der Waals surface area contributed by atoms with Gasteiger partial charge in [-0.05, 0) is 131 Å². The molecule has 0 saturated carbocycles. The summed E-state index contributed by atoms with van der Waals surface area (Å²) in [6.07, 6.45) is 0. The Morgan fingerprint density at radius 2 is 0.608 bits per heavy atom. The fraction of sp³-hybridized carbons (Fsp3) is 0. The van der Waals surface area contributed by atoms with Crippen molar-refractivity contribution in [3.05, 3.63) is 260 Å². The first-order valence-electron chi connectivity index (χ1n) is 24.8. The zero-order valence-corrected chi connectivity index (χ0v) is 39.8. The molecule has 6 heteroatoms. The summed E-state index contributed by atoms with van der Waals surface area (Å²) in [6.45, 7) is 8.70. The van der Waals surface area contributed by atoms with Crippen LogP contribution in [0.5, 0.6) is 0 Å². The lowest BCUT2D eigenvalue weighted by Gasteiger charge is -2.16. The number of benzene rings is 11. The molecule has 0 unspecified atom stereocenters. The van der Waals surface area contributed by atoms with Crippen LogP contribution in [0, 0.1) is 17.9 Å². The first-order chi connectivity index (χ1) is 36.6. The fourth-order valence-corrected chi connectivity index (χ4v) is 11.9. The summed E-state index contributed by atoms with van der Waals surface area (Å²) >= 11 is 0. The van der Waals surface area contributed by atoms with Crippen LogP contribution in [-0.4, -0.2) is 18.3 Å². The lowest BCUT2D eigenvalue weighted by molar-refractivity contribution is 1.14. The van der Waals surface area contributed by atoms with Crippen LogP contribution in [0.4, 0.5) is 5.69 Å². The molecule has 0 radical (unpaired) electrons. The van der Waals surface area contributed by atoms with E-state index in [0.717, 1.165) is 88.3 Å². The lowest BCUT2D eigenvalue weighted by Crippen LogP contribution is -2.01. The van der Waals surface area contributed by atoms with Crippen molar-refractivity contribution in [1.82, 2.24) is 18.3 Å². The van der Waals surface area contributed by atoms with Gasteiger partial charge in [0, 0.05) is 54.5 Å². The fourth-order valence-electron chi connectivity index (χ4n) is 11.9. The Balaban J connectivity index is 0.860. The number of aromatic nitrogens is 4. The van der Waals surface area contributed by atoms with E-state index in [1.54, 1.807) is 0 Å². The van der Waals surface area contributed by atoms with Gasteiger partial charge in [-0.1, -0.05) is 133 Å². The number of nitriles is 1. The van der Waals surface area contributed by atoms with Crippen molar-refractivity contribution < 1.29 is 0 Å². The van der Waals surface area contributed by atoms with E-state index in [1.807, 2.05) is 24.3 Å². The predicted octanol–water partition coefficient (Wildman–Crippen LogP) is 17.8. The van der Waals surface area contributed by atoms with Gasteiger partial charge in [0.1, 0.15) is 6.07 Å². The Labute approximate surface area is 425 Å². The standard InChI is InChI=1S/C68H40N6/c1-70-58-41-67(73-61-26-14-10-22-52(61)56-38-45(30-34-65(56)73)43-28-32-63-54(36-43)50-20-8-12-24-59(50)71(63)48-16-4-2-5-17-48)47(42-69)40-68(58)74-62-27-15-11-23-53(62)57-39-46(31-35-66(57)74)44-29-33-64-55(37-44)51-21-9-13-25-60(51)72(64)49-18-6-3-7-19-49/h2-41H. The Bertz CT molecular complexity index is 4600. The smallest absolute Gasteiger partial charge is 0.212 e. The van der Waals surface area contributed by atoms with Crippen molar-refractivity contribution >= 4 is 92.9 Å². The minimum Gasteiger partial charge on any atom is -0.319 e. The molecule has 342 valence electrons. The second kappa shape index (κ2) is 16.1. The van der Waals surface area contributed by atoms with E-state index in [-0.39, 0.29) is 0 Å². The molecule has 15 aromatic rings. The molecule has 0 bridgehead atoms. The summed E-state index contributed by atoms with van der Waals surface area (Å²) in [7, 11) is 0. The molecule has 15 rings (SSSR count). The SMILES string of the molecule is [C-]#[N+]c1cc(-n2c3ccccc3c3cc(-c4ccc5c(c4)c4ccccc4n5-c4ccccc4)ccc32)c(C#N)cc1-n1c2ccccc2c2cc(-c3ccc4c(c3)c3ccccc3n4-c3ccccc3)ccc21. The van der Waals surface area contributed by atoms with Crippen molar-refractivity contribution in [1.29, 1.82) is 5.26 Å². The molecule has 11 aromatic carbocycles. The Morgan fingerprint density at radius 3 is 0.973 bits per heavy atom. The molecule has 0 aliphatic rings. The van der Waals surface area contributed by atoms with Gasteiger partial charge in [-0.3, -0.25) is 0 Å². The molecule has 0 amide bonds. The molecular weight excluding hydrogens is 901 g/mol. The first-order valence-corrected chi connectivity index (χ1v) is 24.8. The van der Waals surface area contributed by atoms with Gasteiger partial charge in [-0.2, -0.15) is 5.26 Å². The van der Waals surface area contributed by atoms with Crippen molar-refractivity contribution in [2.45, 2.75) is 0 Å². The van der Waals surface area contributed by atoms with Crippen molar-refractivity contribution in [2.75, 3.05) is 0 Å². The third kappa shape index (κ3) is 6.04. The highest BCUT2D eigenvalue weighted by molar-refractivity contribution is 6.15. The van der Waals surface area contributed by atoms with Gasteiger partial charge in [0.15, 0.2) is 0 Å². The molecular formula is C68H40N6. The molecule has 4 heterocycles. The average molecular weight is 941 g/mol. The van der Waals surface area contributed by atoms with Gasteiger partial charge < -0.3 is 18.3 Å². The molecule has 0 aliphatic carbocycles. The maximum Gasteiger partial charge on any atom is 0.212 e. The van der Waals surface area contributed by atoms with Crippen molar-refractivity contribution in [3.8, 4) is 51.1 Å². The second-order valence-electron chi connectivity index (χ2n) is 19.1. The molecule has 4 aromatic heterocycles. The van der Waals surface area contributed by atoms with E-state index in [0.29, 0.717) is 22.6 Å². The predicted molar refractivity (Wildman–Crippen MR) is 306 cm³/mol. The summed E-state index contributed by atoms with van der Waals surface area (Å²) in [5, 5.41) is 20.2. The zero-order chi connectivity index (χ0) is 49.0. The summed E-state index contributed by atoms with van der Waals surface area (Å²) in [6, 6.07) is 88.2. The molecule has 74 heavy (non-hydrogen) atoms. The van der Waals surface area contributed by atoms with Crippen LogP contribution in [0.15, 0.2) is 243 Å². The maximum atomic E-state index is 11.1. The van der Waals surface area contributed by atoms with E-state index in [9.17, 15) is 5.26 Å². The Morgan fingerprint density at radius 1 is 0.297 bits per heavy atom. The van der Waals surface area contributed by atoms with Crippen molar-refractivity contribution in [2.24, 2.45) is 0 Å². The summed E-state index contributed by atoms with van der Waals surface area (Å²) in [4.78, 5) is 4.21. The number of para-hydroxylation sites is 6. The maximum absolute atomic E-state index is 11.1. The average Bonchev–Trinajstić information content (AvgIpc) is 4.20. The number of rotatable bonds is 6. The minimum atomic E-state index is 0.455. The molecule has 0 saturated heterocycles. The van der Waals surface area contributed by atoms with Gasteiger partial charge in [-0.15, -0.1) is 0 Å². The third-order valence-electron chi connectivity index (χ3n) is 15.2. The van der Waals surface area contributed by atoms with E-state index >= 15 is 0 Å². The van der Waals surface area contributed by atoms with Crippen LogP contribution in [-0.2, 0) is 0 Å². The van der Waals surface area contributed by atoms with Crippen LogP contribution in [0.2, 0.25) is 0 Å². The van der Waals surface area contributed by atoms with E-state index in [1.165, 1.54) is 32.6 Å². The van der Waals surface area contributed by atoms with Crippen LogP contribution >= 0.6 is 0 Å². The molecule has 0 atom stereocenters. The number of fused-ring (bicyclic) bond motifs is 12. The van der Waals surface area contributed by atoms with E-state index in [2.05, 4.69) is 248 Å². The Kier molecular flexibility index (Phi) is 8.99. The van der Waals surface area contributed by atoms with Crippen LogP contribution in [0.1, 0.15) is 5.56 Å². The van der Waals surface area contributed by atoms with Gasteiger partial charge in [-0.25, -0.2) is 4.85 Å². The summed E-state index contributed by atoms with van der Waals surface area (Å²) < 4.78 is 9.00. The van der Waals surface area contributed by atoms with Crippen LogP contribution in [0.3, 0.4) is 0 Å². The number of hydrogen-bond acceptors (Lipinski definition) is 1. The summed E-state index contributed by atoms with van der Waals surface area (Å²) in [5.74, 6) is 0. The van der Waals surface area contributed by atoms with Gasteiger partial charge in [0.25, 0.3) is 0 Å². The van der Waals surface area contributed by atoms with E-state index < -0.39 is 0 Å². The van der Waals surface area contributed by atoms with Crippen molar-refractivity contribution in [3.63, 3.8) is 0 Å². The van der Waals surface area contributed by atoms with Crippen LogP contribution < -0.4 is 0 Å². The zero-order valence-electron chi connectivity index (χ0n) is 39.8. The second-order valence-corrected chi connectivity index (χ2v) is 19.1. The number of nitrogens with zero attached hydrogens (tertiary/aromatic N) is 6. The molecule has 0 spiro atoms. The molecule has 0 aliphatic heterocycles. The summed E-state index contributed by atoms with van der Waals surface area (Å²) in [5.41, 5.74) is 17.5. The minimum absolute atomic E-state index is 0.455. The number of hydrogen-bond donors (Lipinski definition) is 0. The van der Waals surface area contributed by atoms with Gasteiger partial charge in [0.05, 0.1) is 67.6 Å². The van der Waals surface area contributed by atoms with Gasteiger partial charge >= 0.3 is 0 Å². The Hall–Kier alpha value is -10.4. The molecule has 6 nitrogen and oxygen atoms in total. The largest absolute Gasteiger partial charge is 0.319 e. The molecule has 0 N–H and O–H groups in total. The molecule has 0 fully saturated rings. The highest BCUT2D eigenvalue weighted by atomic mass is 15.0. The monoisotopic (exact) mass is 940 g/mol. The third-order valence-corrected chi connectivity index (χ3v) is 15.2. The first kappa shape index (κ1) is 41.4. The van der Waals surface area contributed by atoms with Crippen LogP contribution in [0.25, 0.3) is 137 Å². The normalized spacial score (nSPS) is 11.8. The topological polar surface area (TPSA) is 47.9 Å². The van der Waals surface area contributed by atoms with Gasteiger partial charge in [0.2, 0.25) is 5.69 Å². The lowest BCUT2D eigenvalue weighted by atomic mass is 10.0.